The molecule has 1 saturated carbocycles. The third-order valence-electron chi connectivity index (χ3n) is 6.50. The van der Waals surface area contributed by atoms with Crippen molar-refractivity contribution in [2.75, 3.05) is 18.0 Å². The summed E-state index contributed by atoms with van der Waals surface area (Å²) in [6, 6.07) is 13.1. The molecular weight excluding hydrogens is 462 g/mol. The second-order valence-electron chi connectivity index (χ2n) is 8.97. The maximum absolute atomic E-state index is 13.6. The van der Waals surface area contributed by atoms with Gasteiger partial charge in [0, 0.05) is 23.3 Å². The first kappa shape index (κ1) is 23.7. The highest BCUT2D eigenvalue weighted by molar-refractivity contribution is 7.89. The molecule has 7 nitrogen and oxygen atoms in total. The number of aryl methyl sites for hydroxylation is 1. The molecule has 1 heterocycles. The summed E-state index contributed by atoms with van der Waals surface area (Å²) in [6.45, 7) is 2.94. The van der Waals surface area contributed by atoms with Crippen molar-refractivity contribution in [3.63, 3.8) is 0 Å². The first-order valence-electron chi connectivity index (χ1n) is 11.1. The van der Waals surface area contributed by atoms with E-state index in [0.29, 0.717) is 10.7 Å². The van der Waals surface area contributed by atoms with E-state index in [1.165, 1.54) is 17.0 Å². The number of amides is 2. The summed E-state index contributed by atoms with van der Waals surface area (Å²) in [6.07, 6.45) is 3.83. The average molecular weight is 490 g/mol. The number of nitrogens with zero attached hydrogens (tertiary/aromatic N) is 2. The molecule has 9 heteroatoms. The standard InChI is InChI=1S/C24H28ClN3O4S/c1-17-14-18(25)12-13-21(17)28-22(29)15-27(33(31,32)20-10-4-3-5-11-20)16-24(28,2)23(30)26-19-8-6-7-9-19/h3-5,10-14,19H,6-9,15-16H2,1-2H3,(H,26,30). The quantitative estimate of drug-likeness (QED) is 0.696. The molecule has 2 aliphatic rings. The van der Waals surface area contributed by atoms with Gasteiger partial charge >= 0.3 is 0 Å². The lowest BCUT2D eigenvalue weighted by atomic mass is 9.93. The molecule has 0 spiro atoms. The van der Waals surface area contributed by atoms with Crippen molar-refractivity contribution in [1.29, 1.82) is 0 Å². The highest BCUT2D eigenvalue weighted by Gasteiger charge is 2.51. The van der Waals surface area contributed by atoms with Crippen LogP contribution in [0.3, 0.4) is 0 Å². The summed E-state index contributed by atoms with van der Waals surface area (Å²) < 4.78 is 27.8. The number of anilines is 1. The van der Waals surface area contributed by atoms with Gasteiger partial charge in [-0.2, -0.15) is 4.31 Å². The van der Waals surface area contributed by atoms with Gasteiger partial charge in [-0.3, -0.25) is 14.5 Å². The average Bonchev–Trinajstić information content (AvgIpc) is 3.28. The van der Waals surface area contributed by atoms with Gasteiger partial charge < -0.3 is 5.32 Å². The zero-order chi connectivity index (χ0) is 23.8. The van der Waals surface area contributed by atoms with Crippen molar-refractivity contribution in [3.05, 3.63) is 59.1 Å². The Labute approximate surface area is 199 Å². The second kappa shape index (κ2) is 9.08. The SMILES string of the molecule is Cc1cc(Cl)ccc1N1C(=O)CN(S(=O)(=O)c2ccccc2)CC1(C)C(=O)NC1CCCC1. The molecule has 1 aliphatic carbocycles. The molecule has 1 N–H and O–H groups in total. The number of nitrogens with one attached hydrogen (secondary N) is 1. The molecule has 2 aromatic rings. The summed E-state index contributed by atoms with van der Waals surface area (Å²) in [5.74, 6) is -0.819. The van der Waals surface area contributed by atoms with Crippen LogP contribution in [0.5, 0.6) is 0 Å². The molecule has 1 atom stereocenters. The van der Waals surface area contributed by atoms with Crippen LogP contribution in [0.25, 0.3) is 0 Å². The van der Waals surface area contributed by atoms with Gasteiger partial charge in [0.15, 0.2) is 0 Å². The van der Waals surface area contributed by atoms with Crippen LogP contribution in [0.4, 0.5) is 5.69 Å². The van der Waals surface area contributed by atoms with Crippen molar-refractivity contribution >= 4 is 39.1 Å². The largest absolute Gasteiger partial charge is 0.351 e. The summed E-state index contributed by atoms with van der Waals surface area (Å²) in [4.78, 5) is 28.7. The second-order valence-corrected chi connectivity index (χ2v) is 11.3. The molecule has 0 radical (unpaired) electrons. The van der Waals surface area contributed by atoms with E-state index in [0.717, 1.165) is 35.6 Å². The zero-order valence-corrected chi connectivity index (χ0v) is 20.3. The van der Waals surface area contributed by atoms with Crippen LogP contribution in [-0.2, 0) is 19.6 Å². The highest BCUT2D eigenvalue weighted by atomic mass is 35.5. The Balaban J connectivity index is 1.76. The molecule has 2 amide bonds. The van der Waals surface area contributed by atoms with E-state index >= 15 is 0 Å². The predicted octanol–water partition coefficient (Wildman–Crippen LogP) is 3.50. The van der Waals surface area contributed by atoms with Gasteiger partial charge in [0.2, 0.25) is 21.8 Å². The third-order valence-corrected chi connectivity index (χ3v) is 8.54. The van der Waals surface area contributed by atoms with E-state index in [-0.39, 0.29) is 29.9 Å². The van der Waals surface area contributed by atoms with Gasteiger partial charge in [-0.05, 0) is 62.6 Å². The monoisotopic (exact) mass is 489 g/mol. The topological polar surface area (TPSA) is 86.8 Å². The van der Waals surface area contributed by atoms with Gasteiger partial charge in [0.05, 0.1) is 11.4 Å². The number of rotatable bonds is 5. The van der Waals surface area contributed by atoms with Crippen LogP contribution in [0.2, 0.25) is 5.02 Å². The molecule has 0 bridgehead atoms. The number of halogens is 1. The normalized spacial score (nSPS) is 22.5. The molecule has 1 unspecified atom stereocenters. The first-order valence-corrected chi connectivity index (χ1v) is 12.9. The number of carbonyl (C=O) groups excluding carboxylic acids is 2. The van der Waals surface area contributed by atoms with Crippen molar-refractivity contribution < 1.29 is 18.0 Å². The Morgan fingerprint density at radius 2 is 1.79 bits per heavy atom. The van der Waals surface area contributed by atoms with Gasteiger partial charge in [0.25, 0.3) is 0 Å². The van der Waals surface area contributed by atoms with Crippen LogP contribution in [0.1, 0.15) is 38.2 Å². The fraction of sp³-hybridized carbons (Fsp3) is 0.417. The van der Waals surface area contributed by atoms with Gasteiger partial charge in [0.1, 0.15) is 5.54 Å². The van der Waals surface area contributed by atoms with Crippen molar-refractivity contribution in [2.45, 2.75) is 56.0 Å². The van der Waals surface area contributed by atoms with Crippen molar-refractivity contribution in [2.24, 2.45) is 0 Å². The Hall–Kier alpha value is -2.42. The van der Waals surface area contributed by atoms with E-state index in [2.05, 4.69) is 5.32 Å². The van der Waals surface area contributed by atoms with Crippen LogP contribution in [0, 0.1) is 6.92 Å². The lowest BCUT2D eigenvalue weighted by Gasteiger charge is -2.47. The molecule has 1 aliphatic heterocycles. The van der Waals surface area contributed by atoms with Gasteiger partial charge in [-0.25, -0.2) is 8.42 Å². The third kappa shape index (κ3) is 4.52. The van der Waals surface area contributed by atoms with Gasteiger partial charge in [-0.15, -0.1) is 0 Å². The number of sulfonamides is 1. The minimum Gasteiger partial charge on any atom is -0.351 e. The Bertz CT molecular complexity index is 1170. The molecule has 2 aromatic carbocycles. The Morgan fingerprint density at radius 1 is 1.12 bits per heavy atom. The van der Waals surface area contributed by atoms with Gasteiger partial charge in [-0.1, -0.05) is 42.6 Å². The molecule has 0 aromatic heterocycles. The zero-order valence-electron chi connectivity index (χ0n) is 18.8. The predicted molar refractivity (Wildman–Crippen MR) is 128 cm³/mol. The fourth-order valence-electron chi connectivity index (χ4n) is 4.73. The molecule has 1 saturated heterocycles. The van der Waals surface area contributed by atoms with E-state index in [1.54, 1.807) is 43.3 Å². The van der Waals surface area contributed by atoms with E-state index in [9.17, 15) is 18.0 Å². The van der Waals surface area contributed by atoms with Crippen LogP contribution in [0.15, 0.2) is 53.4 Å². The molecule has 33 heavy (non-hydrogen) atoms. The smallest absolute Gasteiger partial charge is 0.247 e. The van der Waals surface area contributed by atoms with Crippen LogP contribution < -0.4 is 10.2 Å². The van der Waals surface area contributed by atoms with Crippen LogP contribution in [-0.4, -0.2) is 49.2 Å². The van der Waals surface area contributed by atoms with Crippen molar-refractivity contribution in [1.82, 2.24) is 9.62 Å². The molecular formula is C24H28ClN3O4S. The lowest BCUT2D eigenvalue weighted by Crippen LogP contribution is -2.70. The molecule has 2 fully saturated rings. The Kier molecular flexibility index (Phi) is 6.53. The minimum absolute atomic E-state index is 0.0266. The summed E-state index contributed by atoms with van der Waals surface area (Å²) >= 11 is 6.12. The summed E-state index contributed by atoms with van der Waals surface area (Å²) in [5.41, 5.74) is -0.154. The number of hydrogen-bond acceptors (Lipinski definition) is 4. The van der Waals surface area contributed by atoms with E-state index in [4.69, 9.17) is 11.6 Å². The number of piperazine rings is 1. The highest BCUT2D eigenvalue weighted by Crippen LogP contribution is 2.35. The first-order chi connectivity index (χ1) is 15.6. The maximum Gasteiger partial charge on any atom is 0.247 e. The van der Waals surface area contributed by atoms with E-state index < -0.39 is 21.5 Å². The van der Waals surface area contributed by atoms with Crippen LogP contribution >= 0.6 is 11.6 Å². The van der Waals surface area contributed by atoms with E-state index in [1.807, 2.05) is 6.92 Å². The summed E-state index contributed by atoms with van der Waals surface area (Å²) in [7, 11) is -3.96. The molecule has 176 valence electrons. The summed E-state index contributed by atoms with van der Waals surface area (Å²) in [5, 5.41) is 3.59. The number of benzene rings is 2. The van der Waals surface area contributed by atoms with Crippen molar-refractivity contribution in [3.8, 4) is 0 Å². The lowest BCUT2D eigenvalue weighted by molar-refractivity contribution is -0.133. The number of hydrogen-bond donors (Lipinski definition) is 1. The maximum atomic E-state index is 13.6. The fourth-order valence-corrected chi connectivity index (χ4v) is 6.46. The minimum atomic E-state index is -3.96. The Morgan fingerprint density at radius 3 is 2.42 bits per heavy atom. The molecule has 4 rings (SSSR count). The number of carbonyl (C=O) groups is 2.